The predicted molar refractivity (Wildman–Crippen MR) is 88.5 cm³/mol. The molecule has 0 spiro atoms. The summed E-state index contributed by atoms with van der Waals surface area (Å²) in [5, 5.41) is 5.48. The lowest BCUT2D eigenvalue weighted by Crippen LogP contribution is -2.04. The van der Waals surface area contributed by atoms with Gasteiger partial charge in [0.15, 0.2) is 5.13 Å². The Hall–Kier alpha value is -1.15. The SMILES string of the molecule is C=CCNSc1cc(-c2sc(NC(C)=O)nc2C)cs1. The maximum atomic E-state index is 11.1. The smallest absolute Gasteiger partial charge is 0.223 e. The molecule has 2 heterocycles. The van der Waals surface area contributed by atoms with Crippen molar-refractivity contribution in [2.45, 2.75) is 18.1 Å². The van der Waals surface area contributed by atoms with Crippen molar-refractivity contribution in [3.8, 4) is 10.4 Å². The van der Waals surface area contributed by atoms with Gasteiger partial charge in [0, 0.05) is 24.4 Å². The molecule has 4 nitrogen and oxygen atoms in total. The number of carbonyl (C=O) groups is 1. The van der Waals surface area contributed by atoms with Crippen molar-refractivity contribution in [3.05, 3.63) is 29.8 Å². The number of anilines is 1. The minimum Gasteiger partial charge on any atom is -0.302 e. The summed E-state index contributed by atoms with van der Waals surface area (Å²) in [5.74, 6) is -0.0968. The summed E-state index contributed by atoms with van der Waals surface area (Å²) in [6, 6.07) is 2.13. The van der Waals surface area contributed by atoms with Crippen LogP contribution in [0.2, 0.25) is 0 Å². The van der Waals surface area contributed by atoms with Gasteiger partial charge in [0.05, 0.1) is 14.8 Å². The first kappa shape index (κ1) is 15.2. The van der Waals surface area contributed by atoms with Crippen LogP contribution in [0.1, 0.15) is 12.6 Å². The lowest BCUT2D eigenvalue weighted by atomic mass is 10.2. The molecule has 1 amide bonds. The number of nitrogens with one attached hydrogen (secondary N) is 2. The standard InChI is InChI=1S/C13H15N3OS3/c1-4-5-14-20-11-6-10(7-18-11)12-8(2)15-13(19-12)16-9(3)17/h4,6-7,14H,1,5H2,2-3H3,(H,15,16,17). The highest BCUT2D eigenvalue weighted by Crippen LogP contribution is 2.37. The molecule has 2 aromatic rings. The number of rotatable bonds is 6. The van der Waals surface area contributed by atoms with E-state index in [1.807, 2.05) is 13.0 Å². The van der Waals surface area contributed by atoms with Crippen LogP contribution in [0.5, 0.6) is 0 Å². The van der Waals surface area contributed by atoms with E-state index in [9.17, 15) is 4.79 Å². The van der Waals surface area contributed by atoms with Crippen molar-refractivity contribution >= 4 is 45.7 Å². The summed E-state index contributed by atoms with van der Waals surface area (Å²) in [5.41, 5.74) is 2.08. The summed E-state index contributed by atoms with van der Waals surface area (Å²) >= 11 is 4.78. The van der Waals surface area contributed by atoms with E-state index in [2.05, 4.69) is 33.0 Å². The molecule has 2 aromatic heterocycles. The molecule has 0 saturated carbocycles. The summed E-state index contributed by atoms with van der Waals surface area (Å²) in [4.78, 5) is 16.5. The van der Waals surface area contributed by atoms with E-state index in [1.165, 1.54) is 22.5 Å². The van der Waals surface area contributed by atoms with Gasteiger partial charge in [-0.25, -0.2) is 4.98 Å². The van der Waals surface area contributed by atoms with E-state index in [0.29, 0.717) is 5.13 Å². The molecule has 20 heavy (non-hydrogen) atoms. The van der Waals surface area contributed by atoms with Crippen molar-refractivity contribution in [1.29, 1.82) is 0 Å². The van der Waals surface area contributed by atoms with Crippen LogP contribution in [-0.2, 0) is 4.79 Å². The Bertz CT molecular complexity index is 618. The number of hydrogen-bond acceptors (Lipinski definition) is 6. The molecule has 0 bridgehead atoms. The maximum absolute atomic E-state index is 11.1. The zero-order chi connectivity index (χ0) is 14.5. The van der Waals surface area contributed by atoms with Crippen molar-refractivity contribution < 1.29 is 4.79 Å². The van der Waals surface area contributed by atoms with Crippen molar-refractivity contribution in [2.75, 3.05) is 11.9 Å². The van der Waals surface area contributed by atoms with E-state index in [1.54, 1.807) is 23.3 Å². The third kappa shape index (κ3) is 3.92. The van der Waals surface area contributed by atoms with Crippen LogP contribution in [0.15, 0.2) is 28.3 Å². The number of thiazole rings is 1. The highest BCUT2D eigenvalue weighted by atomic mass is 32.2. The van der Waals surface area contributed by atoms with Crippen molar-refractivity contribution in [3.63, 3.8) is 0 Å². The minimum atomic E-state index is -0.0968. The second-order valence-electron chi connectivity index (χ2n) is 4.01. The average Bonchev–Trinajstić information content (AvgIpc) is 2.96. The number of carbonyl (C=O) groups excluding carboxylic acids is 1. The molecule has 2 rings (SSSR count). The van der Waals surface area contributed by atoms with Gasteiger partial charge < -0.3 is 5.32 Å². The van der Waals surface area contributed by atoms with Gasteiger partial charge in [-0.3, -0.25) is 9.52 Å². The first-order valence-electron chi connectivity index (χ1n) is 5.94. The topological polar surface area (TPSA) is 54.0 Å². The van der Waals surface area contributed by atoms with Gasteiger partial charge in [0.25, 0.3) is 0 Å². The molecule has 0 saturated heterocycles. The Balaban J connectivity index is 2.13. The van der Waals surface area contributed by atoms with Gasteiger partial charge in [-0.05, 0) is 24.9 Å². The second-order valence-corrected chi connectivity index (χ2v) is 7.11. The Morgan fingerprint density at radius 3 is 3.10 bits per heavy atom. The van der Waals surface area contributed by atoms with E-state index in [0.717, 1.165) is 22.7 Å². The number of thiophene rings is 1. The van der Waals surface area contributed by atoms with Crippen molar-refractivity contribution in [1.82, 2.24) is 9.71 Å². The molecule has 0 aromatic carbocycles. The van der Waals surface area contributed by atoms with Gasteiger partial charge in [0.1, 0.15) is 0 Å². The molecule has 0 fully saturated rings. The number of nitrogens with zero attached hydrogens (tertiary/aromatic N) is 1. The Morgan fingerprint density at radius 1 is 1.60 bits per heavy atom. The number of aromatic nitrogens is 1. The Kier molecular flexibility index (Phi) is 5.36. The monoisotopic (exact) mass is 325 g/mol. The number of amides is 1. The summed E-state index contributed by atoms with van der Waals surface area (Å²) < 4.78 is 4.39. The van der Waals surface area contributed by atoms with Gasteiger partial charge in [-0.1, -0.05) is 17.4 Å². The van der Waals surface area contributed by atoms with E-state index < -0.39 is 0 Å². The van der Waals surface area contributed by atoms with Crippen LogP contribution >= 0.6 is 34.6 Å². The fraction of sp³-hybridized carbons (Fsp3) is 0.231. The van der Waals surface area contributed by atoms with Crippen LogP contribution in [0, 0.1) is 6.92 Å². The third-order valence-corrected chi connectivity index (χ3v) is 5.33. The van der Waals surface area contributed by atoms with Crippen LogP contribution in [0.25, 0.3) is 10.4 Å². The molecule has 0 aliphatic rings. The Labute approximate surface area is 130 Å². The van der Waals surface area contributed by atoms with Crippen molar-refractivity contribution in [2.24, 2.45) is 0 Å². The Morgan fingerprint density at radius 2 is 2.40 bits per heavy atom. The van der Waals surface area contributed by atoms with Crippen LogP contribution < -0.4 is 10.0 Å². The zero-order valence-corrected chi connectivity index (χ0v) is 13.7. The van der Waals surface area contributed by atoms with Crippen LogP contribution in [0.4, 0.5) is 5.13 Å². The summed E-state index contributed by atoms with van der Waals surface area (Å²) in [7, 11) is 0. The lowest BCUT2D eigenvalue weighted by Gasteiger charge is -1.96. The zero-order valence-electron chi connectivity index (χ0n) is 11.2. The first-order valence-corrected chi connectivity index (χ1v) is 8.46. The van der Waals surface area contributed by atoms with Crippen LogP contribution in [-0.4, -0.2) is 17.4 Å². The number of hydrogen-bond donors (Lipinski definition) is 2. The molecule has 2 N–H and O–H groups in total. The molecule has 7 heteroatoms. The molecular formula is C13H15N3OS3. The fourth-order valence-electron chi connectivity index (χ4n) is 1.53. The molecule has 0 atom stereocenters. The highest BCUT2D eigenvalue weighted by molar-refractivity contribution is 7.99. The maximum Gasteiger partial charge on any atom is 0.223 e. The predicted octanol–water partition coefficient (Wildman–Crippen LogP) is 3.92. The summed E-state index contributed by atoms with van der Waals surface area (Å²) in [6.45, 7) is 7.88. The average molecular weight is 325 g/mol. The minimum absolute atomic E-state index is 0.0968. The molecular weight excluding hydrogens is 310 g/mol. The van der Waals surface area contributed by atoms with E-state index >= 15 is 0 Å². The molecule has 0 radical (unpaired) electrons. The molecule has 0 unspecified atom stereocenters. The normalized spacial score (nSPS) is 10.5. The number of aryl methyl sites for hydroxylation is 1. The fourth-order valence-corrected chi connectivity index (χ4v) is 4.27. The quantitative estimate of drug-likeness (QED) is 0.480. The summed E-state index contributed by atoms with van der Waals surface area (Å²) in [6.07, 6.45) is 1.83. The highest BCUT2D eigenvalue weighted by Gasteiger charge is 2.12. The van der Waals surface area contributed by atoms with Gasteiger partial charge >= 0.3 is 0 Å². The molecule has 0 aliphatic carbocycles. The van der Waals surface area contributed by atoms with E-state index in [4.69, 9.17) is 0 Å². The first-order chi connectivity index (χ1) is 9.60. The van der Waals surface area contributed by atoms with Gasteiger partial charge in [-0.2, -0.15) is 0 Å². The van der Waals surface area contributed by atoms with Gasteiger partial charge in [-0.15, -0.1) is 17.9 Å². The molecule has 106 valence electrons. The largest absolute Gasteiger partial charge is 0.302 e. The third-order valence-electron chi connectivity index (χ3n) is 2.32. The lowest BCUT2D eigenvalue weighted by molar-refractivity contribution is -0.114. The second kappa shape index (κ2) is 7.03. The van der Waals surface area contributed by atoms with Crippen LogP contribution in [0.3, 0.4) is 0 Å². The molecule has 0 aliphatic heterocycles. The van der Waals surface area contributed by atoms with Gasteiger partial charge in [0.2, 0.25) is 5.91 Å². The van der Waals surface area contributed by atoms with E-state index in [-0.39, 0.29) is 5.91 Å².